The van der Waals surface area contributed by atoms with Crippen molar-refractivity contribution in [3.63, 3.8) is 0 Å². The normalized spacial score (nSPS) is 14.7. The van der Waals surface area contributed by atoms with Crippen molar-refractivity contribution in [2.45, 2.75) is 18.8 Å². The molecule has 1 unspecified atom stereocenters. The first kappa shape index (κ1) is 40.1. The highest BCUT2D eigenvalue weighted by molar-refractivity contribution is 6.21. The quantitative estimate of drug-likeness (QED) is 0.152. The predicted molar refractivity (Wildman–Crippen MR) is 298 cm³/mol. The summed E-state index contributed by atoms with van der Waals surface area (Å²) in [5, 5.41) is 8.98. The van der Waals surface area contributed by atoms with Crippen molar-refractivity contribution in [1.82, 2.24) is 4.57 Å². The van der Waals surface area contributed by atoms with Gasteiger partial charge in [-0.2, -0.15) is 0 Å². The van der Waals surface area contributed by atoms with E-state index in [0.717, 1.165) is 6.42 Å². The molecule has 0 bridgehead atoms. The van der Waals surface area contributed by atoms with Crippen LogP contribution < -0.4 is 10.6 Å². The summed E-state index contributed by atoms with van der Waals surface area (Å²) in [5.74, 6) is 0.429. The Kier molecular flexibility index (Phi) is 8.68. The van der Waals surface area contributed by atoms with E-state index >= 15 is 0 Å². The summed E-state index contributed by atoms with van der Waals surface area (Å²) in [7, 11) is 0. The fraction of sp³-hybridized carbons (Fsp3) is 0.0571. The molecule has 332 valence electrons. The number of aromatic nitrogens is 1. The minimum atomic E-state index is -0.539. The molecular weight excluding hydrogens is 855 g/mol. The van der Waals surface area contributed by atoms with Crippen LogP contribution in [0.25, 0.3) is 117 Å². The van der Waals surface area contributed by atoms with Gasteiger partial charge < -0.3 is 4.57 Å². The molecule has 1 nitrogen and oxygen atoms in total. The van der Waals surface area contributed by atoms with Gasteiger partial charge >= 0.3 is 0 Å². The molecule has 1 aromatic heterocycles. The van der Waals surface area contributed by atoms with Gasteiger partial charge in [0.25, 0.3) is 0 Å². The van der Waals surface area contributed by atoms with E-state index in [9.17, 15) is 0 Å². The lowest BCUT2D eigenvalue weighted by Crippen LogP contribution is -2.32. The van der Waals surface area contributed by atoms with Crippen molar-refractivity contribution < 1.29 is 0 Å². The molecule has 12 aromatic rings. The molecule has 1 heteroatoms. The van der Waals surface area contributed by atoms with E-state index in [0.29, 0.717) is 5.92 Å². The zero-order valence-corrected chi connectivity index (χ0v) is 39.4. The average molecular weight is 902 g/mol. The fourth-order valence-electron chi connectivity index (χ4n) is 13.1. The summed E-state index contributed by atoms with van der Waals surface area (Å²) in [5.41, 5.74) is 22.4. The third-order valence-electron chi connectivity index (χ3n) is 16.1. The number of fused-ring (bicyclic) bond motifs is 15. The first-order chi connectivity index (χ1) is 35.1. The van der Waals surface area contributed by atoms with Gasteiger partial charge in [-0.3, -0.25) is 0 Å². The second-order valence-electron chi connectivity index (χ2n) is 19.9. The number of benzene rings is 11. The molecule has 0 radical (unpaired) electrons. The third kappa shape index (κ3) is 5.75. The van der Waals surface area contributed by atoms with Gasteiger partial charge in [-0.25, -0.2) is 0 Å². The lowest BCUT2D eigenvalue weighted by Gasteiger charge is -2.31. The number of rotatable bonds is 5. The molecule has 3 aliphatic carbocycles. The average Bonchev–Trinajstić information content (AvgIpc) is 4.03. The van der Waals surface area contributed by atoms with E-state index in [1.54, 1.807) is 0 Å². The largest absolute Gasteiger partial charge is 0.310 e. The Hall–Kier alpha value is -8.78. The minimum absolute atomic E-state index is 0.429. The van der Waals surface area contributed by atoms with Gasteiger partial charge in [-0.15, -0.1) is 0 Å². The molecule has 0 saturated carbocycles. The van der Waals surface area contributed by atoms with Gasteiger partial charge in [0.2, 0.25) is 0 Å². The smallest absolute Gasteiger partial charge is 0.0726 e. The van der Waals surface area contributed by atoms with Crippen molar-refractivity contribution >= 4 is 44.6 Å². The van der Waals surface area contributed by atoms with Crippen molar-refractivity contribution in [2.75, 3.05) is 0 Å². The van der Waals surface area contributed by atoms with Gasteiger partial charge in [0.1, 0.15) is 0 Å². The highest BCUT2D eigenvalue weighted by Gasteiger charge is 2.52. The van der Waals surface area contributed by atoms with Gasteiger partial charge in [0, 0.05) is 16.3 Å². The van der Waals surface area contributed by atoms with Crippen molar-refractivity contribution in [3.8, 4) is 72.4 Å². The maximum Gasteiger partial charge on any atom is 0.0726 e. The zero-order chi connectivity index (χ0) is 46.8. The second kappa shape index (κ2) is 15.4. The van der Waals surface area contributed by atoms with Crippen LogP contribution >= 0.6 is 0 Å². The molecule has 1 spiro atoms. The van der Waals surface area contributed by atoms with Crippen LogP contribution in [0, 0.1) is 5.92 Å². The van der Waals surface area contributed by atoms with Crippen LogP contribution in [-0.4, -0.2) is 4.57 Å². The van der Waals surface area contributed by atoms with Crippen LogP contribution in [0.2, 0.25) is 0 Å². The van der Waals surface area contributed by atoms with Crippen LogP contribution in [-0.2, 0) is 5.41 Å². The monoisotopic (exact) mass is 901 g/mol. The van der Waals surface area contributed by atoms with E-state index < -0.39 is 5.41 Å². The maximum absolute atomic E-state index is 2.57. The molecule has 71 heavy (non-hydrogen) atoms. The van der Waals surface area contributed by atoms with Crippen molar-refractivity contribution in [3.05, 3.63) is 269 Å². The SMILES string of the molecule is CC1C=c2c(c3cc(-c4cccc(-c5ccccc5)c4)ccc3n2-c2ccc3c(c2)C2(c4ccccc4-c4ccccc42)c2cc(-c4c5ccccc5c(-c5ccccc5)c5ccccc45)ccc2-3)=CC1. The predicted octanol–water partition coefficient (Wildman–Crippen LogP) is 16.5. The van der Waals surface area contributed by atoms with E-state index in [1.807, 2.05) is 0 Å². The maximum atomic E-state index is 2.57. The molecule has 15 rings (SSSR count). The highest BCUT2D eigenvalue weighted by atomic mass is 15.0. The first-order valence-electron chi connectivity index (χ1n) is 25.1. The number of hydrogen-bond donors (Lipinski definition) is 0. The van der Waals surface area contributed by atoms with Crippen LogP contribution in [0.4, 0.5) is 0 Å². The van der Waals surface area contributed by atoms with E-state index in [-0.39, 0.29) is 0 Å². The zero-order valence-electron chi connectivity index (χ0n) is 39.4. The molecule has 1 heterocycles. The lowest BCUT2D eigenvalue weighted by atomic mass is 9.70. The van der Waals surface area contributed by atoms with Crippen LogP contribution in [0.3, 0.4) is 0 Å². The molecule has 1 atom stereocenters. The first-order valence-corrected chi connectivity index (χ1v) is 25.1. The van der Waals surface area contributed by atoms with Crippen LogP contribution in [0.15, 0.2) is 237 Å². The summed E-state index contributed by atoms with van der Waals surface area (Å²) in [6.45, 7) is 2.35. The summed E-state index contributed by atoms with van der Waals surface area (Å²) >= 11 is 0. The van der Waals surface area contributed by atoms with Gasteiger partial charge in [0.15, 0.2) is 0 Å². The van der Waals surface area contributed by atoms with Crippen LogP contribution in [0.5, 0.6) is 0 Å². The molecule has 11 aromatic carbocycles. The standard InChI is InChI=1S/C70H47N/c1-44-31-35-56-61-41-49(48-22-16-21-47(40-48)45-17-4-2-5-18-45)33-38-66(61)71(67(56)39-44)51-34-37-55-54-36-32-50(42-64(54)70(65(55)43-51)62-29-14-12-23-52(62)53-24-13-15-30-63(53)70)69-59-27-10-8-25-57(59)68(46-19-6-3-7-20-46)58-26-9-11-28-60(58)69/h2-30,32-44H,31H2,1H3. The second-order valence-corrected chi connectivity index (χ2v) is 19.9. The van der Waals surface area contributed by atoms with Crippen molar-refractivity contribution in [1.29, 1.82) is 0 Å². The van der Waals surface area contributed by atoms with Gasteiger partial charge in [0.05, 0.1) is 16.3 Å². The summed E-state index contributed by atoms with van der Waals surface area (Å²) in [4.78, 5) is 0. The molecule has 0 fully saturated rings. The number of nitrogens with zero attached hydrogens (tertiary/aromatic N) is 1. The molecule has 3 aliphatic rings. The van der Waals surface area contributed by atoms with E-state index in [2.05, 4.69) is 260 Å². The summed E-state index contributed by atoms with van der Waals surface area (Å²) in [6.07, 6.45) is 6.02. The molecule has 0 aliphatic heterocycles. The fourth-order valence-corrected chi connectivity index (χ4v) is 13.1. The lowest BCUT2D eigenvalue weighted by molar-refractivity contribution is 0.787. The van der Waals surface area contributed by atoms with E-state index in [4.69, 9.17) is 0 Å². The van der Waals surface area contributed by atoms with E-state index in [1.165, 1.54) is 138 Å². The molecule has 0 saturated heterocycles. The molecule has 0 N–H and O–H groups in total. The van der Waals surface area contributed by atoms with Gasteiger partial charge in [-0.1, -0.05) is 219 Å². The Balaban J connectivity index is 0.969. The topological polar surface area (TPSA) is 4.93 Å². The highest BCUT2D eigenvalue weighted by Crippen LogP contribution is 2.63. The Labute approximate surface area is 413 Å². The number of hydrogen-bond acceptors (Lipinski definition) is 0. The Bertz CT molecular complexity index is 4220. The summed E-state index contributed by atoms with van der Waals surface area (Å²) in [6, 6.07) is 89.0. The Morgan fingerprint density at radius 2 is 0.859 bits per heavy atom. The Morgan fingerprint density at radius 3 is 1.52 bits per heavy atom. The third-order valence-corrected chi connectivity index (χ3v) is 16.1. The molecular formula is C70H47N. The summed E-state index contributed by atoms with van der Waals surface area (Å²) < 4.78 is 2.56. The minimum Gasteiger partial charge on any atom is -0.310 e. The van der Waals surface area contributed by atoms with Crippen molar-refractivity contribution in [2.24, 2.45) is 5.92 Å². The van der Waals surface area contributed by atoms with Crippen LogP contribution in [0.1, 0.15) is 35.6 Å². The Morgan fingerprint density at radius 1 is 0.366 bits per heavy atom. The van der Waals surface area contributed by atoms with Gasteiger partial charge in [-0.05, 0) is 159 Å². The molecule has 0 amide bonds.